The molecule has 0 radical (unpaired) electrons. The molecule has 0 saturated heterocycles. The number of halogens is 1. The van der Waals surface area contributed by atoms with Gasteiger partial charge in [-0.15, -0.1) is 0 Å². The summed E-state index contributed by atoms with van der Waals surface area (Å²) < 4.78 is 7.46. The molecule has 0 aliphatic rings. The highest BCUT2D eigenvalue weighted by Gasteiger charge is 2.10. The fourth-order valence-electron chi connectivity index (χ4n) is 2.15. The van der Waals surface area contributed by atoms with Gasteiger partial charge in [0.2, 0.25) is 0 Å². The Bertz CT molecular complexity index is 814. The minimum atomic E-state index is -0.573. The van der Waals surface area contributed by atoms with Gasteiger partial charge in [-0.05, 0) is 42.0 Å². The first-order valence-corrected chi connectivity index (χ1v) is 7.32. The van der Waals surface area contributed by atoms with E-state index in [1.54, 1.807) is 23.0 Å². The Morgan fingerprint density at radius 3 is 2.65 bits per heavy atom. The zero-order chi connectivity index (χ0) is 16.2. The van der Waals surface area contributed by atoms with Gasteiger partial charge in [-0.2, -0.15) is 5.10 Å². The van der Waals surface area contributed by atoms with E-state index < -0.39 is 5.91 Å². The Labute approximate surface area is 138 Å². The number of aromatic nitrogens is 2. The minimum Gasteiger partial charge on any atom is -0.488 e. The molecule has 1 heterocycles. The SMILES string of the molecule is NC(=O)c1cc(Cl)ccc1OCc1ccc(-n2cccn2)cc1. The number of benzene rings is 2. The lowest BCUT2D eigenvalue weighted by Crippen LogP contribution is -2.13. The van der Waals surface area contributed by atoms with Crippen LogP contribution < -0.4 is 10.5 Å². The first kappa shape index (κ1) is 15.1. The lowest BCUT2D eigenvalue weighted by atomic mass is 10.2. The van der Waals surface area contributed by atoms with Gasteiger partial charge in [-0.3, -0.25) is 4.79 Å². The van der Waals surface area contributed by atoms with Crippen LogP contribution in [0.1, 0.15) is 15.9 Å². The van der Waals surface area contributed by atoms with E-state index >= 15 is 0 Å². The normalized spacial score (nSPS) is 10.5. The Hall–Kier alpha value is -2.79. The number of primary amides is 1. The molecule has 0 aliphatic carbocycles. The van der Waals surface area contributed by atoms with E-state index in [0.29, 0.717) is 17.4 Å². The highest BCUT2D eigenvalue weighted by atomic mass is 35.5. The molecule has 0 fully saturated rings. The fourth-order valence-corrected chi connectivity index (χ4v) is 2.32. The number of nitrogens with two attached hydrogens (primary N) is 1. The molecule has 5 nitrogen and oxygen atoms in total. The number of hydrogen-bond donors (Lipinski definition) is 1. The molecule has 0 spiro atoms. The predicted octanol–water partition coefficient (Wildman–Crippen LogP) is 3.20. The topological polar surface area (TPSA) is 70.1 Å². The molecule has 3 aromatic rings. The van der Waals surface area contributed by atoms with Gasteiger partial charge < -0.3 is 10.5 Å². The second kappa shape index (κ2) is 6.54. The molecule has 2 N–H and O–H groups in total. The number of carbonyl (C=O) groups excluding carboxylic acids is 1. The van der Waals surface area contributed by atoms with E-state index in [4.69, 9.17) is 22.1 Å². The Morgan fingerprint density at radius 1 is 1.22 bits per heavy atom. The maximum atomic E-state index is 11.4. The number of hydrogen-bond acceptors (Lipinski definition) is 3. The van der Waals surface area contributed by atoms with Crippen molar-refractivity contribution in [2.24, 2.45) is 5.73 Å². The molecule has 2 aromatic carbocycles. The summed E-state index contributed by atoms with van der Waals surface area (Å²) in [5.41, 5.74) is 7.53. The van der Waals surface area contributed by atoms with E-state index in [0.717, 1.165) is 11.3 Å². The number of carbonyl (C=O) groups is 1. The summed E-state index contributed by atoms with van der Waals surface area (Å²) in [4.78, 5) is 11.4. The second-order valence-electron chi connectivity index (χ2n) is 4.91. The van der Waals surface area contributed by atoms with Crippen molar-refractivity contribution in [2.45, 2.75) is 6.61 Å². The first-order valence-electron chi connectivity index (χ1n) is 6.94. The minimum absolute atomic E-state index is 0.269. The van der Waals surface area contributed by atoms with Crippen molar-refractivity contribution in [3.05, 3.63) is 77.1 Å². The summed E-state index contributed by atoms with van der Waals surface area (Å²) >= 11 is 5.87. The third kappa shape index (κ3) is 3.52. The number of amides is 1. The quantitative estimate of drug-likeness (QED) is 0.782. The van der Waals surface area contributed by atoms with Crippen LogP contribution in [0.4, 0.5) is 0 Å². The summed E-state index contributed by atoms with van der Waals surface area (Å²) in [6, 6.07) is 14.4. The Morgan fingerprint density at radius 2 is 2.00 bits per heavy atom. The maximum Gasteiger partial charge on any atom is 0.252 e. The highest BCUT2D eigenvalue weighted by Crippen LogP contribution is 2.23. The molecule has 0 saturated carbocycles. The molecule has 1 aromatic heterocycles. The molecular weight excluding hydrogens is 314 g/mol. The number of nitrogens with zero attached hydrogens (tertiary/aromatic N) is 2. The monoisotopic (exact) mass is 327 g/mol. The third-order valence-electron chi connectivity index (χ3n) is 3.31. The fraction of sp³-hybridized carbons (Fsp3) is 0.0588. The molecule has 3 rings (SSSR count). The average Bonchev–Trinajstić information content (AvgIpc) is 3.08. The van der Waals surface area contributed by atoms with Crippen molar-refractivity contribution < 1.29 is 9.53 Å². The Kier molecular flexibility index (Phi) is 4.30. The zero-order valence-electron chi connectivity index (χ0n) is 12.1. The first-order chi connectivity index (χ1) is 11.1. The molecule has 0 atom stereocenters. The molecule has 6 heteroatoms. The van der Waals surface area contributed by atoms with Crippen molar-refractivity contribution in [1.82, 2.24) is 9.78 Å². The van der Waals surface area contributed by atoms with Crippen LogP contribution in [0, 0.1) is 0 Å². The number of rotatable bonds is 5. The van der Waals surface area contributed by atoms with Crippen LogP contribution in [0.15, 0.2) is 60.9 Å². The van der Waals surface area contributed by atoms with Gasteiger partial charge in [-0.1, -0.05) is 23.7 Å². The van der Waals surface area contributed by atoms with Gasteiger partial charge in [0.1, 0.15) is 12.4 Å². The van der Waals surface area contributed by atoms with Gasteiger partial charge in [0.05, 0.1) is 11.3 Å². The van der Waals surface area contributed by atoms with Crippen LogP contribution in [-0.4, -0.2) is 15.7 Å². The highest BCUT2D eigenvalue weighted by molar-refractivity contribution is 6.31. The van der Waals surface area contributed by atoms with Gasteiger partial charge in [0.25, 0.3) is 5.91 Å². The smallest absolute Gasteiger partial charge is 0.252 e. The van der Waals surface area contributed by atoms with Crippen LogP contribution >= 0.6 is 11.6 Å². The van der Waals surface area contributed by atoms with Crippen molar-refractivity contribution in [3.63, 3.8) is 0 Å². The maximum absolute atomic E-state index is 11.4. The number of ether oxygens (including phenoxy) is 1. The van der Waals surface area contributed by atoms with E-state index in [1.807, 2.05) is 36.5 Å². The summed E-state index contributed by atoms with van der Waals surface area (Å²) in [6.45, 7) is 0.321. The van der Waals surface area contributed by atoms with Crippen LogP contribution in [0.25, 0.3) is 5.69 Å². The van der Waals surface area contributed by atoms with E-state index in [1.165, 1.54) is 6.07 Å². The van der Waals surface area contributed by atoms with Crippen LogP contribution in [0.5, 0.6) is 5.75 Å². The van der Waals surface area contributed by atoms with Gasteiger partial charge in [-0.25, -0.2) is 4.68 Å². The molecule has 23 heavy (non-hydrogen) atoms. The van der Waals surface area contributed by atoms with Crippen molar-refractivity contribution >= 4 is 17.5 Å². The van der Waals surface area contributed by atoms with Crippen molar-refractivity contribution in [2.75, 3.05) is 0 Å². The molecule has 1 amide bonds. The predicted molar refractivity (Wildman–Crippen MR) is 87.9 cm³/mol. The van der Waals surface area contributed by atoms with E-state index in [2.05, 4.69) is 5.10 Å². The molecular formula is C17H14ClN3O2. The third-order valence-corrected chi connectivity index (χ3v) is 3.54. The van der Waals surface area contributed by atoms with Gasteiger partial charge >= 0.3 is 0 Å². The Balaban J connectivity index is 1.73. The van der Waals surface area contributed by atoms with E-state index in [9.17, 15) is 4.79 Å². The lowest BCUT2D eigenvalue weighted by molar-refractivity contribution is 0.0996. The summed E-state index contributed by atoms with van der Waals surface area (Å²) in [5, 5.41) is 4.61. The summed E-state index contributed by atoms with van der Waals surface area (Å²) in [7, 11) is 0. The molecule has 0 aliphatic heterocycles. The van der Waals surface area contributed by atoms with Gasteiger partial charge in [0, 0.05) is 17.4 Å². The molecule has 0 unspecified atom stereocenters. The largest absolute Gasteiger partial charge is 0.488 e. The second-order valence-corrected chi connectivity index (χ2v) is 5.35. The van der Waals surface area contributed by atoms with E-state index in [-0.39, 0.29) is 5.56 Å². The summed E-state index contributed by atoms with van der Waals surface area (Å²) in [6.07, 6.45) is 3.60. The van der Waals surface area contributed by atoms with Crippen LogP contribution in [0.2, 0.25) is 5.02 Å². The average molecular weight is 328 g/mol. The standard InChI is InChI=1S/C17H14ClN3O2/c18-13-4-7-16(15(10-13)17(19)22)23-11-12-2-5-14(6-3-12)21-9-1-8-20-21/h1-10H,11H2,(H2,19,22). The van der Waals surface area contributed by atoms with Crippen LogP contribution in [0.3, 0.4) is 0 Å². The lowest BCUT2D eigenvalue weighted by Gasteiger charge is -2.10. The van der Waals surface area contributed by atoms with Crippen molar-refractivity contribution in [1.29, 1.82) is 0 Å². The summed E-state index contributed by atoms with van der Waals surface area (Å²) in [5.74, 6) is -0.158. The molecule has 116 valence electrons. The van der Waals surface area contributed by atoms with Crippen LogP contribution in [-0.2, 0) is 6.61 Å². The van der Waals surface area contributed by atoms with Gasteiger partial charge in [0.15, 0.2) is 0 Å². The molecule has 0 bridgehead atoms. The van der Waals surface area contributed by atoms with Crippen molar-refractivity contribution in [3.8, 4) is 11.4 Å². The zero-order valence-corrected chi connectivity index (χ0v) is 12.9.